The van der Waals surface area contributed by atoms with Crippen LogP contribution in [0, 0.1) is 6.07 Å². The van der Waals surface area contributed by atoms with Crippen LogP contribution in [-0.2, 0) is 9.84 Å². The molecule has 2 aromatic rings. The zero-order valence-corrected chi connectivity index (χ0v) is 10.0. The number of hydrogen-bond donors (Lipinski definition) is 1. The normalized spacial score (nSPS) is 11.4. The van der Waals surface area contributed by atoms with E-state index < -0.39 is 9.84 Å². The highest BCUT2D eigenvalue weighted by Crippen LogP contribution is 2.28. The Kier molecular flexibility index (Phi) is 2.90. The van der Waals surface area contributed by atoms with Gasteiger partial charge in [0.1, 0.15) is 5.75 Å². The van der Waals surface area contributed by atoms with E-state index in [1.807, 2.05) is 0 Å². The van der Waals surface area contributed by atoms with E-state index in [2.05, 4.69) is 6.07 Å². The van der Waals surface area contributed by atoms with E-state index in [4.69, 9.17) is 0 Å². The minimum atomic E-state index is -3.31. The molecule has 4 heteroatoms. The van der Waals surface area contributed by atoms with Crippen molar-refractivity contribution in [1.29, 1.82) is 0 Å². The summed E-state index contributed by atoms with van der Waals surface area (Å²) in [5.74, 6) is 0.0965. The fourth-order valence-electron chi connectivity index (χ4n) is 1.62. The van der Waals surface area contributed by atoms with Gasteiger partial charge in [0.05, 0.1) is 4.90 Å². The van der Waals surface area contributed by atoms with Gasteiger partial charge in [0.25, 0.3) is 0 Å². The molecular formula is C13H11O3S. The van der Waals surface area contributed by atoms with Crippen LogP contribution in [-0.4, -0.2) is 19.8 Å². The Balaban J connectivity index is 2.69. The summed E-state index contributed by atoms with van der Waals surface area (Å²) in [6.45, 7) is 0. The first kappa shape index (κ1) is 11.7. The minimum absolute atomic E-state index is 0.0965. The Morgan fingerprint density at radius 3 is 2.59 bits per heavy atom. The van der Waals surface area contributed by atoms with E-state index in [0.29, 0.717) is 11.1 Å². The highest BCUT2D eigenvalue weighted by atomic mass is 32.2. The lowest BCUT2D eigenvalue weighted by molar-refractivity contribution is 0.475. The molecule has 1 radical (unpaired) electrons. The van der Waals surface area contributed by atoms with E-state index in [9.17, 15) is 13.5 Å². The van der Waals surface area contributed by atoms with Crippen LogP contribution in [0.15, 0.2) is 47.4 Å². The first-order valence-corrected chi connectivity index (χ1v) is 6.88. The van der Waals surface area contributed by atoms with Crippen molar-refractivity contribution in [3.05, 3.63) is 48.5 Å². The number of sulfone groups is 1. The van der Waals surface area contributed by atoms with Crippen LogP contribution >= 0.6 is 0 Å². The van der Waals surface area contributed by atoms with Crippen LogP contribution in [0.3, 0.4) is 0 Å². The summed E-state index contributed by atoms with van der Waals surface area (Å²) >= 11 is 0. The molecule has 0 aliphatic rings. The van der Waals surface area contributed by atoms with Crippen LogP contribution in [0.5, 0.6) is 5.75 Å². The first-order valence-electron chi connectivity index (χ1n) is 4.98. The fourth-order valence-corrected chi connectivity index (χ4v) is 2.49. The molecule has 0 saturated carbocycles. The van der Waals surface area contributed by atoms with Gasteiger partial charge in [-0.15, -0.1) is 0 Å². The van der Waals surface area contributed by atoms with Crippen molar-refractivity contribution in [1.82, 2.24) is 0 Å². The summed E-state index contributed by atoms with van der Waals surface area (Å²) in [5, 5.41) is 9.40. The predicted octanol–water partition coefficient (Wildman–Crippen LogP) is 2.26. The maximum atomic E-state index is 11.6. The average Bonchev–Trinajstić information content (AvgIpc) is 2.28. The number of phenols is 1. The van der Waals surface area contributed by atoms with Crippen molar-refractivity contribution in [2.75, 3.05) is 6.26 Å². The second-order valence-corrected chi connectivity index (χ2v) is 5.72. The molecule has 0 aliphatic carbocycles. The summed E-state index contributed by atoms with van der Waals surface area (Å²) in [4.78, 5) is 0.214. The topological polar surface area (TPSA) is 54.4 Å². The Morgan fingerprint density at radius 1 is 1.18 bits per heavy atom. The molecule has 2 rings (SSSR count). The van der Waals surface area contributed by atoms with Gasteiger partial charge in [-0.3, -0.25) is 0 Å². The molecular weight excluding hydrogens is 236 g/mol. The van der Waals surface area contributed by atoms with Gasteiger partial charge >= 0.3 is 0 Å². The standard InChI is InChI=1S/C13H11O3S/c1-17(15,16)13-8-3-2-7-12(13)10-5-4-6-11(14)9-10/h2-6,8-9,14H,1H3. The van der Waals surface area contributed by atoms with Crippen molar-refractivity contribution in [2.45, 2.75) is 4.90 Å². The van der Waals surface area contributed by atoms with Crippen molar-refractivity contribution in [2.24, 2.45) is 0 Å². The molecule has 0 heterocycles. The molecule has 0 aliphatic heterocycles. The molecule has 0 bridgehead atoms. The molecule has 87 valence electrons. The Hall–Kier alpha value is -1.81. The number of phenolic OH excluding ortho intramolecular Hbond substituents is 1. The summed E-state index contributed by atoms with van der Waals surface area (Å²) < 4.78 is 23.3. The second-order valence-electron chi connectivity index (χ2n) is 3.73. The molecule has 0 spiro atoms. The second kappa shape index (κ2) is 4.22. The van der Waals surface area contributed by atoms with Crippen molar-refractivity contribution >= 4 is 9.84 Å². The van der Waals surface area contributed by atoms with Crippen molar-refractivity contribution in [3.63, 3.8) is 0 Å². The Morgan fingerprint density at radius 2 is 1.94 bits per heavy atom. The molecule has 0 saturated heterocycles. The van der Waals surface area contributed by atoms with E-state index in [1.165, 1.54) is 18.2 Å². The molecule has 3 nitrogen and oxygen atoms in total. The van der Waals surface area contributed by atoms with Gasteiger partial charge in [-0.05, 0) is 29.8 Å². The minimum Gasteiger partial charge on any atom is -0.508 e. The smallest absolute Gasteiger partial charge is 0.176 e. The molecule has 0 unspecified atom stereocenters. The molecule has 17 heavy (non-hydrogen) atoms. The fraction of sp³-hybridized carbons (Fsp3) is 0.0769. The molecule has 2 aromatic carbocycles. The summed E-state index contributed by atoms with van der Waals surface area (Å²) in [7, 11) is -3.31. The molecule has 0 amide bonds. The van der Waals surface area contributed by atoms with Crippen molar-refractivity contribution in [3.8, 4) is 16.9 Å². The lowest BCUT2D eigenvalue weighted by atomic mass is 10.1. The molecule has 0 atom stereocenters. The SMILES string of the molecule is CS(=O)(=O)c1ccc[c]c1-c1cccc(O)c1. The van der Waals surface area contributed by atoms with E-state index in [0.717, 1.165) is 6.26 Å². The molecule has 1 N–H and O–H groups in total. The molecule has 0 aromatic heterocycles. The van der Waals surface area contributed by atoms with Crippen LogP contribution in [0.4, 0.5) is 0 Å². The quantitative estimate of drug-likeness (QED) is 0.885. The third-order valence-corrected chi connectivity index (χ3v) is 3.49. The van der Waals surface area contributed by atoms with Gasteiger partial charge in [-0.2, -0.15) is 0 Å². The van der Waals surface area contributed by atoms with E-state index in [-0.39, 0.29) is 10.6 Å². The third kappa shape index (κ3) is 2.47. The maximum absolute atomic E-state index is 11.6. The number of aromatic hydroxyl groups is 1. The van der Waals surface area contributed by atoms with Gasteiger partial charge < -0.3 is 5.11 Å². The number of benzene rings is 2. The summed E-state index contributed by atoms with van der Waals surface area (Å²) in [5.41, 5.74) is 1.11. The molecule has 0 fully saturated rings. The van der Waals surface area contributed by atoms with E-state index in [1.54, 1.807) is 24.3 Å². The summed E-state index contributed by atoms with van der Waals surface area (Å²) in [6.07, 6.45) is 1.16. The lowest BCUT2D eigenvalue weighted by Gasteiger charge is -2.07. The number of hydrogen-bond acceptors (Lipinski definition) is 3. The lowest BCUT2D eigenvalue weighted by Crippen LogP contribution is -1.99. The number of rotatable bonds is 2. The Bertz CT molecular complexity index is 645. The van der Waals surface area contributed by atoms with E-state index >= 15 is 0 Å². The van der Waals surface area contributed by atoms with Crippen molar-refractivity contribution < 1.29 is 13.5 Å². The highest BCUT2D eigenvalue weighted by Gasteiger charge is 2.14. The van der Waals surface area contributed by atoms with Gasteiger partial charge in [0.15, 0.2) is 9.84 Å². The van der Waals surface area contributed by atoms with Crippen LogP contribution in [0.1, 0.15) is 0 Å². The van der Waals surface area contributed by atoms with Gasteiger partial charge in [-0.1, -0.05) is 24.3 Å². The van der Waals surface area contributed by atoms with Gasteiger partial charge in [0.2, 0.25) is 0 Å². The first-order chi connectivity index (χ1) is 7.98. The van der Waals surface area contributed by atoms with Crippen LogP contribution in [0.25, 0.3) is 11.1 Å². The maximum Gasteiger partial charge on any atom is 0.176 e. The van der Waals surface area contributed by atoms with Crippen LogP contribution < -0.4 is 0 Å². The monoisotopic (exact) mass is 247 g/mol. The van der Waals surface area contributed by atoms with Gasteiger partial charge in [-0.25, -0.2) is 8.42 Å². The average molecular weight is 247 g/mol. The van der Waals surface area contributed by atoms with Crippen LogP contribution in [0.2, 0.25) is 0 Å². The largest absolute Gasteiger partial charge is 0.508 e. The summed E-state index contributed by atoms with van der Waals surface area (Å²) in [6, 6.07) is 14.2. The Labute approximate surface area is 100 Å². The highest BCUT2D eigenvalue weighted by molar-refractivity contribution is 7.90. The zero-order valence-electron chi connectivity index (χ0n) is 9.21. The van der Waals surface area contributed by atoms with Gasteiger partial charge in [0, 0.05) is 11.8 Å². The predicted molar refractivity (Wildman–Crippen MR) is 65.5 cm³/mol. The third-order valence-electron chi connectivity index (χ3n) is 2.35. The zero-order chi connectivity index (χ0) is 12.5.